The summed E-state index contributed by atoms with van der Waals surface area (Å²) in [6, 6.07) is 8.71. The van der Waals surface area contributed by atoms with Crippen LogP contribution in [-0.2, 0) is 4.74 Å². The maximum atomic E-state index is 9.49. The summed E-state index contributed by atoms with van der Waals surface area (Å²) in [5, 5.41) is 9.49. The molecule has 0 aromatic heterocycles. The van der Waals surface area contributed by atoms with Crippen LogP contribution in [0.25, 0.3) is 0 Å². The van der Waals surface area contributed by atoms with E-state index in [4.69, 9.17) is 10.5 Å². The van der Waals surface area contributed by atoms with Crippen molar-refractivity contribution in [2.45, 2.75) is 51.5 Å². The predicted octanol–water partition coefficient (Wildman–Crippen LogP) is 1.86. The zero-order chi connectivity index (χ0) is 15.6. The molecule has 21 heavy (non-hydrogen) atoms. The molecule has 0 saturated carbocycles. The number of nitrogens with two attached hydrogens (primary N) is 1. The van der Waals surface area contributed by atoms with Crippen LogP contribution in [0.1, 0.15) is 37.9 Å². The smallest absolute Gasteiger partial charge is 0.0940 e. The van der Waals surface area contributed by atoms with E-state index in [9.17, 15) is 5.11 Å². The van der Waals surface area contributed by atoms with Crippen LogP contribution in [0.15, 0.2) is 24.3 Å². The molecule has 3 N–H and O–H groups in total. The number of benzene rings is 1. The fraction of sp³-hybridized carbons (Fsp3) is 0.647. The lowest BCUT2D eigenvalue weighted by Gasteiger charge is -2.46. The van der Waals surface area contributed by atoms with Crippen molar-refractivity contribution in [3.63, 3.8) is 0 Å². The number of morpholine rings is 1. The molecule has 1 aliphatic heterocycles. The summed E-state index contributed by atoms with van der Waals surface area (Å²) in [6.45, 7) is 9.82. The molecule has 1 heterocycles. The normalized spacial score (nSPS) is 25.5. The Balaban J connectivity index is 2.27. The van der Waals surface area contributed by atoms with E-state index in [1.54, 1.807) is 0 Å². The highest BCUT2D eigenvalue weighted by Gasteiger charge is 2.37. The molecule has 1 fully saturated rings. The van der Waals surface area contributed by atoms with Crippen molar-refractivity contribution < 1.29 is 9.84 Å². The molecular weight excluding hydrogens is 264 g/mol. The summed E-state index contributed by atoms with van der Waals surface area (Å²) in [5.41, 5.74) is 8.47. The highest BCUT2D eigenvalue weighted by atomic mass is 16.5. The van der Waals surface area contributed by atoms with E-state index in [0.717, 1.165) is 6.54 Å². The summed E-state index contributed by atoms with van der Waals surface area (Å²) in [6.07, 6.45) is -0.152. The van der Waals surface area contributed by atoms with Gasteiger partial charge in [0, 0.05) is 25.2 Å². The number of hydrogen-bond donors (Lipinski definition) is 2. The number of ether oxygens (including phenoxy) is 1. The summed E-state index contributed by atoms with van der Waals surface area (Å²) in [4.78, 5) is 2.35. The fourth-order valence-electron chi connectivity index (χ4n) is 3.26. The lowest BCUT2D eigenvalue weighted by Crippen LogP contribution is -2.56. The van der Waals surface area contributed by atoms with Gasteiger partial charge in [-0.2, -0.15) is 0 Å². The van der Waals surface area contributed by atoms with Crippen LogP contribution in [0.4, 0.5) is 0 Å². The molecule has 4 heteroatoms. The first-order valence-corrected chi connectivity index (χ1v) is 7.67. The van der Waals surface area contributed by atoms with E-state index in [1.807, 2.05) is 6.92 Å². The minimum Gasteiger partial charge on any atom is -0.394 e. The first kappa shape index (κ1) is 16.4. The SMILES string of the molecule is Cc1ccc(C(C(C)N)N2CC(CO)OC(C)(C)C2)cc1. The zero-order valence-corrected chi connectivity index (χ0v) is 13.5. The predicted molar refractivity (Wildman–Crippen MR) is 85.2 cm³/mol. The summed E-state index contributed by atoms with van der Waals surface area (Å²) < 4.78 is 5.91. The van der Waals surface area contributed by atoms with Crippen LogP contribution >= 0.6 is 0 Å². The molecule has 1 aliphatic rings. The van der Waals surface area contributed by atoms with Gasteiger partial charge in [0.2, 0.25) is 0 Å². The third-order valence-electron chi connectivity index (χ3n) is 4.02. The zero-order valence-electron chi connectivity index (χ0n) is 13.5. The second-order valence-corrected chi connectivity index (χ2v) is 6.83. The minimum atomic E-state index is -0.274. The van der Waals surface area contributed by atoms with Gasteiger partial charge >= 0.3 is 0 Å². The molecular formula is C17H28N2O2. The van der Waals surface area contributed by atoms with Crippen molar-refractivity contribution in [2.75, 3.05) is 19.7 Å². The lowest BCUT2D eigenvalue weighted by molar-refractivity contribution is -0.158. The number of aryl methyl sites for hydroxylation is 1. The molecule has 0 spiro atoms. The highest BCUT2D eigenvalue weighted by molar-refractivity contribution is 5.25. The van der Waals surface area contributed by atoms with Crippen LogP contribution in [0.5, 0.6) is 0 Å². The number of rotatable bonds is 4. The first-order valence-electron chi connectivity index (χ1n) is 7.67. The molecule has 0 bridgehead atoms. The number of nitrogens with zero attached hydrogens (tertiary/aromatic N) is 1. The molecule has 1 saturated heterocycles. The Morgan fingerprint density at radius 3 is 2.52 bits per heavy atom. The van der Waals surface area contributed by atoms with Gasteiger partial charge in [-0.05, 0) is 33.3 Å². The van der Waals surface area contributed by atoms with E-state index in [-0.39, 0.29) is 30.4 Å². The van der Waals surface area contributed by atoms with E-state index < -0.39 is 0 Å². The Morgan fingerprint density at radius 1 is 1.38 bits per heavy atom. The molecule has 0 amide bonds. The molecule has 3 unspecified atom stereocenters. The molecule has 0 aliphatic carbocycles. The maximum absolute atomic E-state index is 9.49. The lowest BCUT2D eigenvalue weighted by atomic mass is 9.94. The van der Waals surface area contributed by atoms with E-state index >= 15 is 0 Å². The van der Waals surface area contributed by atoms with Crippen LogP contribution < -0.4 is 5.73 Å². The summed E-state index contributed by atoms with van der Waals surface area (Å²) in [7, 11) is 0. The van der Waals surface area contributed by atoms with Gasteiger partial charge in [0.25, 0.3) is 0 Å². The van der Waals surface area contributed by atoms with Crippen LogP contribution in [-0.4, -0.2) is 47.4 Å². The van der Waals surface area contributed by atoms with Crippen molar-refractivity contribution in [1.29, 1.82) is 0 Å². The third-order valence-corrected chi connectivity index (χ3v) is 4.02. The van der Waals surface area contributed by atoms with Gasteiger partial charge in [-0.25, -0.2) is 0 Å². The molecule has 3 atom stereocenters. The van der Waals surface area contributed by atoms with Gasteiger partial charge in [0.1, 0.15) is 0 Å². The average molecular weight is 292 g/mol. The van der Waals surface area contributed by atoms with Gasteiger partial charge in [0.05, 0.1) is 18.3 Å². The Labute approximate surface area is 127 Å². The highest BCUT2D eigenvalue weighted by Crippen LogP contribution is 2.30. The minimum absolute atomic E-state index is 0.0148. The van der Waals surface area contributed by atoms with Gasteiger partial charge in [-0.3, -0.25) is 4.90 Å². The average Bonchev–Trinajstić information content (AvgIpc) is 2.39. The van der Waals surface area contributed by atoms with Gasteiger partial charge in [-0.1, -0.05) is 29.8 Å². The summed E-state index contributed by atoms with van der Waals surface area (Å²) >= 11 is 0. The molecule has 118 valence electrons. The van der Waals surface area contributed by atoms with E-state index in [2.05, 4.69) is 49.9 Å². The Morgan fingerprint density at radius 2 is 2.00 bits per heavy atom. The van der Waals surface area contributed by atoms with Crippen LogP contribution in [0.3, 0.4) is 0 Å². The molecule has 4 nitrogen and oxygen atoms in total. The molecule has 1 aromatic carbocycles. The second-order valence-electron chi connectivity index (χ2n) is 6.83. The fourth-order valence-corrected chi connectivity index (χ4v) is 3.26. The first-order chi connectivity index (χ1) is 9.82. The molecule has 2 rings (SSSR count). The van der Waals surface area contributed by atoms with Crippen LogP contribution in [0.2, 0.25) is 0 Å². The quantitative estimate of drug-likeness (QED) is 0.889. The monoisotopic (exact) mass is 292 g/mol. The second kappa shape index (κ2) is 6.44. The van der Waals surface area contributed by atoms with Crippen LogP contribution in [0, 0.1) is 6.92 Å². The third kappa shape index (κ3) is 4.04. The van der Waals surface area contributed by atoms with E-state index in [1.165, 1.54) is 11.1 Å². The Kier molecular flexibility index (Phi) is 5.04. The molecule has 0 radical (unpaired) electrons. The van der Waals surface area contributed by atoms with Gasteiger partial charge in [0.15, 0.2) is 0 Å². The Hall–Kier alpha value is -0.940. The van der Waals surface area contributed by atoms with Gasteiger partial charge in [-0.15, -0.1) is 0 Å². The van der Waals surface area contributed by atoms with E-state index in [0.29, 0.717) is 6.54 Å². The molecule has 1 aromatic rings. The summed E-state index contributed by atoms with van der Waals surface area (Å²) in [5.74, 6) is 0. The number of aliphatic hydroxyl groups is 1. The van der Waals surface area contributed by atoms with Crippen molar-refractivity contribution in [3.8, 4) is 0 Å². The maximum Gasteiger partial charge on any atom is 0.0940 e. The Bertz CT molecular complexity index is 456. The van der Waals surface area contributed by atoms with Crippen molar-refractivity contribution in [3.05, 3.63) is 35.4 Å². The van der Waals surface area contributed by atoms with Crippen molar-refractivity contribution >= 4 is 0 Å². The number of aliphatic hydroxyl groups excluding tert-OH is 1. The van der Waals surface area contributed by atoms with Crippen molar-refractivity contribution in [2.24, 2.45) is 5.73 Å². The number of hydrogen-bond acceptors (Lipinski definition) is 4. The largest absolute Gasteiger partial charge is 0.394 e. The standard InChI is InChI=1S/C17H28N2O2/c1-12-5-7-14(8-6-12)16(13(2)18)19-9-15(10-20)21-17(3,4)11-19/h5-8,13,15-16,20H,9-11,18H2,1-4H3. The topological polar surface area (TPSA) is 58.7 Å². The van der Waals surface area contributed by atoms with Crippen molar-refractivity contribution in [1.82, 2.24) is 4.90 Å². The van der Waals surface area contributed by atoms with Gasteiger partial charge < -0.3 is 15.6 Å².